The van der Waals surface area contributed by atoms with Crippen molar-refractivity contribution in [2.75, 3.05) is 12.4 Å². The highest BCUT2D eigenvalue weighted by Gasteiger charge is 2.00. The molecule has 0 fully saturated rings. The Morgan fingerprint density at radius 2 is 1.76 bits per heavy atom. The summed E-state index contributed by atoms with van der Waals surface area (Å²) in [6.07, 6.45) is 0. The normalized spacial score (nSPS) is 10.0. The van der Waals surface area contributed by atoms with Crippen molar-refractivity contribution in [3.63, 3.8) is 0 Å². The predicted molar refractivity (Wildman–Crippen MR) is 69.1 cm³/mol. The average molecular weight is 229 g/mol. The number of phenols is 1. The van der Waals surface area contributed by atoms with Gasteiger partial charge in [-0.3, -0.25) is 0 Å². The van der Waals surface area contributed by atoms with Crippen LogP contribution < -0.4 is 10.1 Å². The first-order chi connectivity index (χ1) is 8.19. The monoisotopic (exact) mass is 229 g/mol. The summed E-state index contributed by atoms with van der Waals surface area (Å²) >= 11 is 0. The van der Waals surface area contributed by atoms with Crippen molar-refractivity contribution in [1.29, 1.82) is 0 Å². The van der Waals surface area contributed by atoms with Crippen LogP contribution in [0.5, 0.6) is 11.5 Å². The van der Waals surface area contributed by atoms with Gasteiger partial charge >= 0.3 is 0 Å². The molecule has 0 aliphatic carbocycles. The summed E-state index contributed by atoms with van der Waals surface area (Å²) in [5, 5.41) is 12.6. The van der Waals surface area contributed by atoms with Crippen LogP contribution in [-0.2, 0) is 0 Å². The van der Waals surface area contributed by atoms with Crippen molar-refractivity contribution in [2.45, 2.75) is 6.92 Å². The molecule has 0 unspecified atom stereocenters. The van der Waals surface area contributed by atoms with E-state index in [1.54, 1.807) is 19.2 Å². The van der Waals surface area contributed by atoms with Crippen molar-refractivity contribution >= 4 is 11.4 Å². The first-order valence-electron chi connectivity index (χ1n) is 5.40. The number of anilines is 2. The molecule has 0 amide bonds. The van der Waals surface area contributed by atoms with Crippen LogP contribution in [0.3, 0.4) is 0 Å². The van der Waals surface area contributed by atoms with Crippen LogP contribution in [0.25, 0.3) is 0 Å². The number of aromatic hydroxyl groups is 1. The summed E-state index contributed by atoms with van der Waals surface area (Å²) in [5.41, 5.74) is 2.97. The number of rotatable bonds is 3. The third-order valence-corrected chi connectivity index (χ3v) is 2.58. The zero-order chi connectivity index (χ0) is 12.3. The Morgan fingerprint density at radius 3 is 2.35 bits per heavy atom. The Labute approximate surface area is 101 Å². The van der Waals surface area contributed by atoms with Gasteiger partial charge in [-0.05, 0) is 55.0 Å². The van der Waals surface area contributed by atoms with E-state index < -0.39 is 0 Å². The number of hydrogen-bond acceptors (Lipinski definition) is 3. The second-order valence-electron chi connectivity index (χ2n) is 3.85. The number of aryl methyl sites for hydroxylation is 1. The van der Waals surface area contributed by atoms with Gasteiger partial charge in [0.05, 0.1) is 7.11 Å². The van der Waals surface area contributed by atoms with Crippen molar-refractivity contribution in [2.24, 2.45) is 0 Å². The van der Waals surface area contributed by atoms with Gasteiger partial charge in [-0.25, -0.2) is 0 Å². The van der Waals surface area contributed by atoms with E-state index in [-0.39, 0.29) is 5.75 Å². The maximum absolute atomic E-state index is 9.33. The highest BCUT2D eigenvalue weighted by Crippen LogP contribution is 2.25. The second kappa shape index (κ2) is 4.78. The van der Waals surface area contributed by atoms with Crippen molar-refractivity contribution < 1.29 is 9.84 Å². The molecule has 17 heavy (non-hydrogen) atoms. The lowest BCUT2D eigenvalue weighted by Crippen LogP contribution is -1.92. The summed E-state index contributed by atoms with van der Waals surface area (Å²) in [6, 6.07) is 13.0. The summed E-state index contributed by atoms with van der Waals surface area (Å²) in [6.45, 7) is 1.95. The molecule has 2 N–H and O–H groups in total. The molecule has 88 valence electrons. The van der Waals surface area contributed by atoms with E-state index >= 15 is 0 Å². The van der Waals surface area contributed by atoms with Crippen molar-refractivity contribution in [3.05, 3.63) is 48.0 Å². The summed E-state index contributed by atoms with van der Waals surface area (Å²) in [5.74, 6) is 1.11. The number of hydrogen-bond donors (Lipinski definition) is 2. The third kappa shape index (κ3) is 2.69. The molecule has 0 aromatic heterocycles. The molecule has 0 aliphatic rings. The van der Waals surface area contributed by atoms with Crippen molar-refractivity contribution in [3.8, 4) is 11.5 Å². The minimum absolute atomic E-state index is 0.280. The fraction of sp³-hybridized carbons (Fsp3) is 0.143. The minimum atomic E-state index is 0.280. The van der Waals surface area contributed by atoms with Gasteiger partial charge in [0.25, 0.3) is 0 Å². The van der Waals surface area contributed by atoms with Crippen LogP contribution >= 0.6 is 0 Å². The van der Waals surface area contributed by atoms with E-state index in [0.29, 0.717) is 0 Å². The van der Waals surface area contributed by atoms with E-state index in [0.717, 1.165) is 22.7 Å². The molecule has 0 saturated carbocycles. The van der Waals surface area contributed by atoms with Gasteiger partial charge in [0, 0.05) is 11.4 Å². The SMILES string of the molecule is COc1ccc(Nc2ccc(O)cc2C)cc1. The molecule has 2 aromatic rings. The molecule has 3 heteroatoms. The summed E-state index contributed by atoms with van der Waals surface area (Å²) in [7, 11) is 1.65. The van der Waals surface area contributed by atoms with Crippen LogP contribution in [-0.4, -0.2) is 12.2 Å². The lowest BCUT2D eigenvalue weighted by Gasteiger charge is -2.10. The van der Waals surface area contributed by atoms with Crippen molar-refractivity contribution in [1.82, 2.24) is 0 Å². The molecule has 0 saturated heterocycles. The van der Waals surface area contributed by atoms with Gasteiger partial charge in [0.1, 0.15) is 11.5 Å². The molecule has 0 aliphatic heterocycles. The summed E-state index contributed by atoms with van der Waals surface area (Å²) in [4.78, 5) is 0. The number of methoxy groups -OCH3 is 1. The molecule has 2 aromatic carbocycles. The molecule has 0 heterocycles. The molecule has 0 spiro atoms. The predicted octanol–water partition coefficient (Wildman–Crippen LogP) is 3.45. The van der Waals surface area contributed by atoms with Gasteiger partial charge in [-0.1, -0.05) is 0 Å². The maximum atomic E-state index is 9.33. The number of nitrogens with one attached hydrogen (secondary N) is 1. The second-order valence-corrected chi connectivity index (χ2v) is 3.85. The van der Waals surface area contributed by atoms with Crippen LogP contribution in [0, 0.1) is 6.92 Å². The van der Waals surface area contributed by atoms with Gasteiger partial charge < -0.3 is 15.2 Å². The molecule has 2 rings (SSSR count). The highest BCUT2D eigenvalue weighted by molar-refractivity contribution is 5.64. The van der Waals surface area contributed by atoms with Gasteiger partial charge in [-0.15, -0.1) is 0 Å². The molecule has 0 radical (unpaired) electrons. The minimum Gasteiger partial charge on any atom is -0.508 e. The topological polar surface area (TPSA) is 41.5 Å². The van der Waals surface area contributed by atoms with Gasteiger partial charge in [0.15, 0.2) is 0 Å². The molecular formula is C14H15NO2. The first-order valence-corrected chi connectivity index (χ1v) is 5.40. The van der Waals surface area contributed by atoms with Gasteiger partial charge in [0.2, 0.25) is 0 Å². The van der Waals surface area contributed by atoms with Crippen LogP contribution in [0.15, 0.2) is 42.5 Å². The lowest BCUT2D eigenvalue weighted by atomic mass is 10.2. The van der Waals surface area contributed by atoms with Crippen LogP contribution in [0.4, 0.5) is 11.4 Å². The van der Waals surface area contributed by atoms with E-state index in [4.69, 9.17) is 4.74 Å². The van der Waals surface area contributed by atoms with E-state index in [1.165, 1.54) is 0 Å². The Bertz CT molecular complexity index is 506. The smallest absolute Gasteiger partial charge is 0.119 e. The largest absolute Gasteiger partial charge is 0.508 e. The number of ether oxygens (including phenoxy) is 1. The zero-order valence-corrected chi connectivity index (χ0v) is 9.90. The lowest BCUT2D eigenvalue weighted by molar-refractivity contribution is 0.415. The highest BCUT2D eigenvalue weighted by atomic mass is 16.5. The molecule has 0 atom stereocenters. The van der Waals surface area contributed by atoms with Crippen LogP contribution in [0.2, 0.25) is 0 Å². The number of phenolic OH excluding ortho intramolecular Hbond substituents is 1. The Balaban J connectivity index is 2.19. The summed E-state index contributed by atoms with van der Waals surface area (Å²) < 4.78 is 5.10. The van der Waals surface area contributed by atoms with E-state index in [9.17, 15) is 5.11 Å². The Morgan fingerprint density at radius 1 is 1.06 bits per heavy atom. The Hall–Kier alpha value is -2.16. The average Bonchev–Trinajstić information content (AvgIpc) is 2.34. The third-order valence-electron chi connectivity index (χ3n) is 2.58. The fourth-order valence-corrected chi connectivity index (χ4v) is 1.62. The van der Waals surface area contributed by atoms with E-state index in [1.807, 2.05) is 37.3 Å². The van der Waals surface area contributed by atoms with Crippen LogP contribution in [0.1, 0.15) is 5.56 Å². The quantitative estimate of drug-likeness (QED) is 0.792. The molecule has 3 nitrogen and oxygen atoms in total. The fourth-order valence-electron chi connectivity index (χ4n) is 1.62. The zero-order valence-electron chi connectivity index (χ0n) is 9.90. The van der Waals surface area contributed by atoms with Gasteiger partial charge in [-0.2, -0.15) is 0 Å². The first kappa shape index (κ1) is 11.3. The molecule has 0 bridgehead atoms. The maximum Gasteiger partial charge on any atom is 0.119 e. The molecular weight excluding hydrogens is 214 g/mol. The standard InChI is InChI=1S/C14H15NO2/c1-10-9-12(16)5-8-14(10)15-11-3-6-13(17-2)7-4-11/h3-9,15-16H,1-2H3. The Kier molecular flexibility index (Phi) is 3.19. The number of benzene rings is 2. The van der Waals surface area contributed by atoms with E-state index in [2.05, 4.69) is 5.32 Å².